The maximum Gasteiger partial charge on any atom is 0.227 e. The Bertz CT molecular complexity index is 448. The van der Waals surface area contributed by atoms with E-state index in [0.717, 1.165) is 64.8 Å². The van der Waals surface area contributed by atoms with Crippen molar-refractivity contribution in [2.75, 3.05) is 39.3 Å². The lowest BCUT2D eigenvalue weighted by Gasteiger charge is -2.41. The van der Waals surface area contributed by atoms with Gasteiger partial charge in [0.2, 0.25) is 11.8 Å². The Balaban J connectivity index is 1.51. The van der Waals surface area contributed by atoms with Gasteiger partial charge in [0.1, 0.15) is 0 Å². The van der Waals surface area contributed by atoms with Gasteiger partial charge in [0.25, 0.3) is 0 Å². The molecule has 6 heteroatoms. The maximum atomic E-state index is 12.7. The minimum absolute atomic E-state index is 0.0312. The van der Waals surface area contributed by atoms with E-state index in [9.17, 15) is 14.7 Å². The molecule has 3 unspecified atom stereocenters. The second kappa shape index (κ2) is 7.18. The summed E-state index contributed by atoms with van der Waals surface area (Å²) in [7, 11) is 0. The molecule has 3 fully saturated rings. The van der Waals surface area contributed by atoms with Crippen LogP contribution >= 0.6 is 0 Å². The summed E-state index contributed by atoms with van der Waals surface area (Å²) in [5, 5.41) is 10.0. The zero-order chi connectivity index (χ0) is 16.4. The van der Waals surface area contributed by atoms with Crippen molar-refractivity contribution in [3.63, 3.8) is 0 Å². The molecular formula is C17H29N3O3. The Labute approximate surface area is 138 Å². The second-order valence-corrected chi connectivity index (χ2v) is 7.23. The quantitative estimate of drug-likeness (QED) is 0.794. The SMILES string of the molecule is CC(=O)N1CCCC(C(=O)N2CCN(C3CCCC3O)CC2)C1. The van der Waals surface area contributed by atoms with Crippen LogP contribution in [0.1, 0.15) is 39.0 Å². The molecule has 1 aliphatic carbocycles. The fraction of sp³-hybridized carbons (Fsp3) is 0.882. The normalized spacial score (nSPS) is 33.0. The summed E-state index contributed by atoms with van der Waals surface area (Å²) in [5.41, 5.74) is 0. The Kier molecular flexibility index (Phi) is 5.21. The monoisotopic (exact) mass is 323 g/mol. The number of rotatable bonds is 2. The van der Waals surface area contributed by atoms with E-state index in [1.54, 1.807) is 11.8 Å². The van der Waals surface area contributed by atoms with E-state index >= 15 is 0 Å². The predicted molar refractivity (Wildman–Crippen MR) is 86.8 cm³/mol. The van der Waals surface area contributed by atoms with Gasteiger partial charge in [-0.2, -0.15) is 0 Å². The molecule has 6 nitrogen and oxygen atoms in total. The first-order valence-corrected chi connectivity index (χ1v) is 9.02. The molecular weight excluding hydrogens is 294 g/mol. The Morgan fingerprint density at radius 2 is 1.65 bits per heavy atom. The van der Waals surface area contributed by atoms with Crippen LogP contribution in [0.4, 0.5) is 0 Å². The third-order valence-electron chi connectivity index (χ3n) is 5.75. The first-order chi connectivity index (χ1) is 11.1. The first kappa shape index (κ1) is 16.7. The number of likely N-dealkylation sites (tertiary alicyclic amines) is 1. The summed E-state index contributed by atoms with van der Waals surface area (Å²) in [6.07, 6.45) is 4.71. The minimum Gasteiger partial charge on any atom is -0.391 e. The average Bonchev–Trinajstić information content (AvgIpc) is 3.00. The highest BCUT2D eigenvalue weighted by Gasteiger charge is 2.35. The molecule has 0 radical (unpaired) electrons. The summed E-state index contributed by atoms with van der Waals surface area (Å²) in [6, 6.07) is 0.287. The third-order valence-corrected chi connectivity index (χ3v) is 5.75. The number of aliphatic hydroxyl groups excluding tert-OH is 1. The molecule has 0 spiro atoms. The molecule has 0 aromatic heterocycles. The van der Waals surface area contributed by atoms with Gasteiger partial charge in [-0.15, -0.1) is 0 Å². The van der Waals surface area contributed by atoms with Crippen LogP contribution in [-0.2, 0) is 9.59 Å². The molecule has 3 atom stereocenters. The van der Waals surface area contributed by atoms with Crippen LogP contribution in [0, 0.1) is 5.92 Å². The predicted octanol–water partition coefficient (Wildman–Crippen LogP) is 0.303. The number of aliphatic hydroxyl groups is 1. The van der Waals surface area contributed by atoms with Gasteiger partial charge in [-0.1, -0.05) is 0 Å². The van der Waals surface area contributed by atoms with Crippen molar-refractivity contribution in [3.05, 3.63) is 0 Å². The summed E-state index contributed by atoms with van der Waals surface area (Å²) in [4.78, 5) is 30.4. The molecule has 1 N–H and O–H groups in total. The van der Waals surface area contributed by atoms with Gasteiger partial charge in [-0.25, -0.2) is 0 Å². The van der Waals surface area contributed by atoms with Crippen molar-refractivity contribution in [2.24, 2.45) is 5.92 Å². The smallest absolute Gasteiger partial charge is 0.227 e. The maximum absolute atomic E-state index is 12.7. The van der Waals surface area contributed by atoms with Crippen molar-refractivity contribution in [1.82, 2.24) is 14.7 Å². The highest BCUT2D eigenvalue weighted by atomic mass is 16.3. The molecule has 0 aromatic rings. The Hall–Kier alpha value is -1.14. The van der Waals surface area contributed by atoms with Gasteiger partial charge in [-0.3, -0.25) is 14.5 Å². The lowest BCUT2D eigenvalue weighted by Crippen LogP contribution is -2.55. The molecule has 3 rings (SSSR count). The van der Waals surface area contributed by atoms with Crippen molar-refractivity contribution in [1.29, 1.82) is 0 Å². The minimum atomic E-state index is -0.195. The van der Waals surface area contributed by atoms with Gasteiger partial charge in [0, 0.05) is 52.2 Å². The van der Waals surface area contributed by atoms with Crippen LogP contribution in [0.25, 0.3) is 0 Å². The number of piperazine rings is 1. The summed E-state index contributed by atoms with van der Waals surface area (Å²) in [6.45, 7) is 6.16. The third kappa shape index (κ3) is 3.69. The van der Waals surface area contributed by atoms with Crippen LogP contribution in [0.15, 0.2) is 0 Å². The van der Waals surface area contributed by atoms with Crippen molar-refractivity contribution in [2.45, 2.75) is 51.2 Å². The zero-order valence-electron chi connectivity index (χ0n) is 14.1. The fourth-order valence-electron chi connectivity index (χ4n) is 4.34. The van der Waals surface area contributed by atoms with E-state index in [-0.39, 0.29) is 29.9 Å². The van der Waals surface area contributed by atoms with Gasteiger partial charge >= 0.3 is 0 Å². The number of piperidine rings is 1. The van der Waals surface area contributed by atoms with E-state index in [2.05, 4.69) is 4.90 Å². The van der Waals surface area contributed by atoms with Crippen LogP contribution in [-0.4, -0.2) is 83.0 Å². The molecule has 130 valence electrons. The van der Waals surface area contributed by atoms with Gasteiger partial charge in [0.15, 0.2) is 0 Å². The lowest BCUT2D eigenvalue weighted by molar-refractivity contribution is -0.142. The zero-order valence-corrected chi connectivity index (χ0v) is 14.1. The van der Waals surface area contributed by atoms with Crippen molar-refractivity contribution in [3.8, 4) is 0 Å². The number of hydrogen-bond acceptors (Lipinski definition) is 4. The Morgan fingerprint density at radius 3 is 2.26 bits per heavy atom. The van der Waals surface area contributed by atoms with E-state index in [0.29, 0.717) is 6.54 Å². The molecule has 23 heavy (non-hydrogen) atoms. The Morgan fingerprint density at radius 1 is 0.913 bits per heavy atom. The number of carbonyl (C=O) groups excluding carboxylic acids is 2. The van der Waals surface area contributed by atoms with Gasteiger partial charge in [-0.05, 0) is 32.1 Å². The molecule has 2 heterocycles. The van der Waals surface area contributed by atoms with E-state index < -0.39 is 0 Å². The van der Waals surface area contributed by atoms with Crippen molar-refractivity contribution < 1.29 is 14.7 Å². The molecule has 1 saturated carbocycles. The number of carbonyl (C=O) groups is 2. The van der Waals surface area contributed by atoms with E-state index in [1.807, 2.05) is 4.90 Å². The van der Waals surface area contributed by atoms with E-state index in [4.69, 9.17) is 0 Å². The van der Waals surface area contributed by atoms with Gasteiger partial charge in [0.05, 0.1) is 12.0 Å². The second-order valence-electron chi connectivity index (χ2n) is 7.23. The lowest BCUT2D eigenvalue weighted by atomic mass is 9.96. The summed E-state index contributed by atoms with van der Waals surface area (Å²) < 4.78 is 0. The first-order valence-electron chi connectivity index (χ1n) is 9.02. The van der Waals surface area contributed by atoms with Crippen LogP contribution in [0.3, 0.4) is 0 Å². The van der Waals surface area contributed by atoms with E-state index in [1.165, 1.54) is 0 Å². The van der Waals surface area contributed by atoms with Crippen molar-refractivity contribution >= 4 is 11.8 Å². The highest BCUT2D eigenvalue weighted by molar-refractivity contribution is 5.81. The topological polar surface area (TPSA) is 64.1 Å². The van der Waals surface area contributed by atoms with Gasteiger partial charge < -0.3 is 14.9 Å². The largest absolute Gasteiger partial charge is 0.391 e. The number of nitrogens with zero attached hydrogens (tertiary/aromatic N) is 3. The van der Waals surface area contributed by atoms with Crippen LogP contribution < -0.4 is 0 Å². The highest BCUT2D eigenvalue weighted by Crippen LogP contribution is 2.26. The fourth-order valence-corrected chi connectivity index (χ4v) is 4.34. The standard InChI is InChI=1S/C17H29N3O3/c1-13(21)20-7-3-4-14(12-20)17(23)19-10-8-18(9-11-19)15-5-2-6-16(15)22/h14-16,22H,2-12H2,1H3. The summed E-state index contributed by atoms with van der Waals surface area (Å²) in [5.74, 6) is 0.251. The average molecular weight is 323 g/mol. The van der Waals surface area contributed by atoms with Crippen LogP contribution in [0.2, 0.25) is 0 Å². The molecule has 2 aliphatic heterocycles. The summed E-state index contributed by atoms with van der Waals surface area (Å²) >= 11 is 0. The molecule has 3 aliphatic rings. The van der Waals surface area contributed by atoms with Crippen LogP contribution in [0.5, 0.6) is 0 Å². The molecule has 0 aromatic carbocycles. The molecule has 0 bridgehead atoms. The molecule has 2 amide bonds. The number of amides is 2. The number of hydrogen-bond donors (Lipinski definition) is 1. The molecule has 2 saturated heterocycles.